The summed E-state index contributed by atoms with van der Waals surface area (Å²) in [4.78, 5) is 12.4. The van der Waals surface area contributed by atoms with E-state index in [0.717, 1.165) is 28.0 Å². The third kappa shape index (κ3) is 3.82. The highest BCUT2D eigenvalue weighted by molar-refractivity contribution is 5.90. The Labute approximate surface area is 159 Å². The molecule has 0 saturated heterocycles. The third-order valence-corrected chi connectivity index (χ3v) is 4.56. The summed E-state index contributed by atoms with van der Waals surface area (Å²) >= 11 is 0. The van der Waals surface area contributed by atoms with Crippen molar-refractivity contribution in [2.24, 2.45) is 0 Å². The van der Waals surface area contributed by atoms with Crippen molar-refractivity contribution in [3.63, 3.8) is 0 Å². The molecule has 3 aromatic rings. The van der Waals surface area contributed by atoms with E-state index in [9.17, 15) is 4.79 Å². The van der Waals surface area contributed by atoms with Crippen molar-refractivity contribution >= 4 is 17.7 Å². The summed E-state index contributed by atoms with van der Waals surface area (Å²) in [6.45, 7) is 0. The standard InChI is InChI=1S/C24H20N2O/c27-24-25-21(17-16-18-10-4-1-5-11-18)22(19-12-6-2-7-13-19)23(26-24)20-14-8-3-9-15-20/h1-17,23H,(H2,25,26,27)/b17-16+. The maximum absolute atomic E-state index is 12.4. The van der Waals surface area contributed by atoms with Crippen molar-refractivity contribution in [1.29, 1.82) is 0 Å². The first kappa shape index (κ1) is 16.9. The van der Waals surface area contributed by atoms with Crippen molar-refractivity contribution in [2.45, 2.75) is 6.04 Å². The molecule has 2 N–H and O–H groups in total. The van der Waals surface area contributed by atoms with E-state index in [4.69, 9.17) is 0 Å². The lowest BCUT2D eigenvalue weighted by Gasteiger charge is -2.30. The van der Waals surface area contributed by atoms with Crippen LogP contribution in [0.4, 0.5) is 4.79 Å². The fourth-order valence-corrected chi connectivity index (χ4v) is 3.30. The van der Waals surface area contributed by atoms with Gasteiger partial charge in [0.15, 0.2) is 0 Å². The number of allylic oxidation sites excluding steroid dienone is 1. The van der Waals surface area contributed by atoms with E-state index in [2.05, 4.69) is 22.8 Å². The summed E-state index contributed by atoms with van der Waals surface area (Å²) in [6.07, 6.45) is 4.00. The van der Waals surface area contributed by atoms with Crippen LogP contribution < -0.4 is 10.6 Å². The topological polar surface area (TPSA) is 41.1 Å². The monoisotopic (exact) mass is 352 g/mol. The maximum atomic E-state index is 12.4. The molecule has 1 aliphatic heterocycles. The molecule has 0 saturated carbocycles. The van der Waals surface area contributed by atoms with Gasteiger partial charge in [-0.1, -0.05) is 97.1 Å². The summed E-state index contributed by atoms with van der Waals surface area (Å²) in [7, 11) is 0. The van der Waals surface area contributed by atoms with Crippen molar-refractivity contribution in [3.05, 3.63) is 119 Å². The van der Waals surface area contributed by atoms with Gasteiger partial charge in [-0.2, -0.15) is 0 Å². The van der Waals surface area contributed by atoms with Crippen LogP contribution in [0.5, 0.6) is 0 Å². The van der Waals surface area contributed by atoms with Gasteiger partial charge in [0, 0.05) is 11.3 Å². The third-order valence-electron chi connectivity index (χ3n) is 4.56. The Balaban J connectivity index is 1.84. The zero-order valence-electron chi connectivity index (χ0n) is 14.8. The first-order valence-corrected chi connectivity index (χ1v) is 8.96. The molecule has 0 aromatic heterocycles. The summed E-state index contributed by atoms with van der Waals surface area (Å²) in [5, 5.41) is 6.05. The number of benzene rings is 3. The molecule has 1 atom stereocenters. The second-order valence-electron chi connectivity index (χ2n) is 6.38. The molecule has 3 heteroatoms. The van der Waals surface area contributed by atoms with Gasteiger partial charge in [-0.05, 0) is 22.8 Å². The van der Waals surface area contributed by atoms with Gasteiger partial charge in [0.2, 0.25) is 0 Å². The summed E-state index contributed by atoms with van der Waals surface area (Å²) < 4.78 is 0. The van der Waals surface area contributed by atoms with Crippen molar-refractivity contribution in [1.82, 2.24) is 10.6 Å². The fraction of sp³-hybridized carbons (Fsp3) is 0.0417. The van der Waals surface area contributed by atoms with Gasteiger partial charge < -0.3 is 10.6 Å². The largest absolute Gasteiger partial charge is 0.327 e. The molecular formula is C24H20N2O. The first-order valence-electron chi connectivity index (χ1n) is 8.96. The Bertz CT molecular complexity index is 977. The normalized spacial score (nSPS) is 16.9. The van der Waals surface area contributed by atoms with Crippen LogP contribution in [-0.4, -0.2) is 6.03 Å². The Hall–Kier alpha value is -3.59. The van der Waals surface area contributed by atoms with Crippen molar-refractivity contribution in [3.8, 4) is 0 Å². The molecule has 0 bridgehead atoms. The Morgan fingerprint density at radius 1 is 0.704 bits per heavy atom. The van der Waals surface area contributed by atoms with E-state index in [0.29, 0.717) is 0 Å². The smallest absolute Gasteiger partial charge is 0.320 e. The van der Waals surface area contributed by atoms with E-state index >= 15 is 0 Å². The number of hydrogen-bond donors (Lipinski definition) is 2. The van der Waals surface area contributed by atoms with Crippen LogP contribution in [0.2, 0.25) is 0 Å². The molecular weight excluding hydrogens is 332 g/mol. The van der Waals surface area contributed by atoms with E-state index < -0.39 is 0 Å². The van der Waals surface area contributed by atoms with Crippen LogP contribution >= 0.6 is 0 Å². The van der Waals surface area contributed by atoms with Gasteiger partial charge in [0.1, 0.15) is 0 Å². The molecule has 1 heterocycles. The zero-order chi connectivity index (χ0) is 18.5. The second-order valence-corrected chi connectivity index (χ2v) is 6.38. The van der Waals surface area contributed by atoms with Gasteiger partial charge >= 0.3 is 6.03 Å². The molecule has 0 radical (unpaired) electrons. The highest BCUT2D eigenvalue weighted by Gasteiger charge is 2.28. The lowest BCUT2D eigenvalue weighted by atomic mass is 9.89. The molecule has 3 nitrogen and oxygen atoms in total. The number of carbonyl (C=O) groups excluding carboxylic acids is 1. The van der Waals surface area contributed by atoms with Gasteiger partial charge in [-0.15, -0.1) is 0 Å². The van der Waals surface area contributed by atoms with Crippen LogP contribution in [0, 0.1) is 0 Å². The summed E-state index contributed by atoms with van der Waals surface area (Å²) in [5.41, 5.74) is 5.07. The van der Waals surface area contributed by atoms with E-state index in [-0.39, 0.29) is 12.1 Å². The Morgan fingerprint density at radius 3 is 1.96 bits per heavy atom. The number of urea groups is 1. The highest BCUT2D eigenvalue weighted by atomic mass is 16.2. The van der Waals surface area contributed by atoms with Crippen LogP contribution in [-0.2, 0) is 0 Å². The molecule has 4 rings (SSSR count). The minimum absolute atomic E-state index is 0.198. The highest BCUT2D eigenvalue weighted by Crippen LogP contribution is 2.34. The molecule has 0 fully saturated rings. The number of nitrogens with one attached hydrogen (secondary N) is 2. The number of carbonyl (C=O) groups is 1. The molecule has 27 heavy (non-hydrogen) atoms. The minimum atomic E-state index is -0.210. The molecule has 132 valence electrons. The zero-order valence-corrected chi connectivity index (χ0v) is 14.8. The predicted octanol–water partition coefficient (Wildman–Crippen LogP) is 5.17. The van der Waals surface area contributed by atoms with Gasteiger partial charge in [0.05, 0.1) is 6.04 Å². The Kier molecular flexibility index (Phi) is 4.84. The maximum Gasteiger partial charge on any atom is 0.320 e. The molecule has 2 amide bonds. The van der Waals surface area contributed by atoms with Gasteiger partial charge in [-0.25, -0.2) is 4.79 Å². The van der Waals surface area contributed by atoms with Gasteiger partial charge in [-0.3, -0.25) is 0 Å². The second kappa shape index (κ2) is 7.75. The lowest BCUT2D eigenvalue weighted by Crippen LogP contribution is -2.43. The van der Waals surface area contributed by atoms with Crippen LogP contribution in [0.3, 0.4) is 0 Å². The molecule has 1 unspecified atom stereocenters. The average Bonchev–Trinajstić information content (AvgIpc) is 2.74. The van der Waals surface area contributed by atoms with E-state index in [1.54, 1.807) is 0 Å². The van der Waals surface area contributed by atoms with Crippen molar-refractivity contribution < 1.29 is 4.79 Å². The van der Waals surface area contributed by atoms with E-state index in [1.807, 2.05) is 91.0 Å². The van der Waals surface area contributed by atoms with E-state index in [1.165, 1.54) is 0 Å². The van der Waals surface area contributed by atoms with Crippen LogP contribution in [0.1, 0.15) is 22.7 Å². The average molecular weight is 352 g/mol. The first-order chi connectivity index (χ1) is 13.3. The van der Waals surface area contributed by atoms with Gasteiger partial charge in [0.25, 0.3) is 0 Å². The molecule has 3 aromatic carbocycles. The lowest BCUT2D eigenvalue weighted by molar-refractivity contribution is 0.240. The number of rotatable bonds is 4. The summed E-state index contributed by atoms with van der Waals surface area (Å²) in [6, 6.07) is 29.9. The predicted molar refractivity (Wildman–Crippen MR) is 110 cm³/mol. The number of amides is 2. The fourth-order valence-electron chi connectivity index (χ4n) is 3.30. The quantitative estimate of drug-likeness (QED) is 0.668. The number of hydrogen-bond acceptors (Lipinski definition) is 1. The van der Waals surface area contributed by atoms with Crippen LogP contribution in [0.25, 0.3) is 11.6 Å². The minimum Gasteiger partial charge on any atom is -0.327 e. The van der Waals surface area contributed by atoms with Crippen LogP contribution in [0.15, 0.2) is 103 Å². The molecule has 1 aliphatic rings. The van der Waals surface area contributed by atoms with Crippen molar-refractivity contribution in [2.75, 3.05) is 0 Å². The molecule has 0 spiro atoms. The summed E-state index contributed by atoms with van der Waals surface area (Å²) in [5.74, 6) is 0. The SMILES string of the molecule is O=C1NC(/C=C/c2ccccc2)=C(c2ccccc2)C(c2ccccc2)N1. The Morgan fingerprint density at radius 2 is 1.30 bits per heavy atom. The molecule has 0 aliphatic carbocycles.